The fourth-order valence-corrected chi connectivity index (χ4v) is 3.97. The second-order valence-electron chi connectivity index (χ2n) is 7.09. The number of carbonyl (C=O) groups excluding carboxylic acids is 1. The summed E-state index contributed by atoms with van der Waals surface area (Å²) in [6.07, 6.45) is 6.22. The SMILES string of the molecule is N#Cc1ccc(C(=O)NC2CCC(c3nnc4cnc5[nH]ccc5n34)C2)cc1. The van der Waals surface area contributed by atoms with Crippen LogP contribution in [0.25, 0.3) is 16.8 Å². The van der Waals surface area contributed by atoms with E-state index < -0.39 is 0 Å². The third kappa shape index (κ3) is 2.68. The molecule has 0 radical (unpaired) electrons. The van der Waals surface area contributed by atoms with Gasteiger partial charge in [-0.3, -0.25) is 9.20 Å². The molecule has 1 aliphatic rings. The van der Waals surface area contributed by atoms with Crippen molar-refractivity contribution in [2.45, 2.75) is 31.2 Å². The van der Waals surface area contributed by atoms with Crippen molar-refractivity contribution in [1.29, 1.82) is 5.26 Å². The lowest BCUT2D eigenvalue weighted by Gasteiger charge is -2.13. The summed E-state index contributed by atoms with van der Waals surface area (Å²) in [5, 5.41) is 20.7. The smallest absolute Gasteiger partial charge is 0.251 e. The van der Waals surface area contributed by atoms with Crippen molar-refractivity contribution in [2.75, 3.05) is 0 Å². The van der Waals surface area contributed by atoms with Crippen LogP contribution in [-0.4, -0.2) is 36.5 Å². The Bertz CT molecular complexity index is 1220. The van der Waals surface area contributed by atoms with Gasteiger partial charge in [-0.25, -0.2) is 4.98 Å². The molecule has 1 fully saturated rings. The summed E-state index contributed by atoms with van der Waals surface area (Å²) in [4.78, 5) is 20.0. The number of benzene rings is 1. The summed E-state index contributed by atoms with van der Waals surface area (Å²) in [5.74, 6) is 1.03. The number of hydrogen-bond acceptors (Lipinski definition) is 5. The van der Waals surface area contributed by atoms with Crippen molar-refractivity contribution in [1.82, 2.24) is 29.9 Å². The molecule has 2 N–H and O–H groups in total. The molecule has 0 saturated heterocycles. The molecule has 1 aliphatic carbocycles. The highest BCUT2D eigenvalue weighted by molar-refractivity contribution is 5.94. The maximum Gasteiger partial charge on any atom is 0.251 e. The van der Waals surface area contributed by atoms with Crippen LogP contribution in [0.2, 0.25) is 0 Å². The summed E-state index contributed by atoms with van der Waals surface area (Å²) in [6, 6.07) is 10.8. The molecule has 2 atom stereocenters. The van der Waals surface area contributed by atoms with E-state index in [1.54, 1.807) is 30.5 Å². The average molecular weight is 371 g/mol. The molecule has 5 rings (SSSR count). The molecular weight excluding hydrogens is 354 g/mol. The maximum absolute atomic E-state index is 12.5. The first kappa shape index (κ1) is 16.4. The Hall–Kier alpha value is -3.73. The highest BCUT2D eigenvalue weighted by Crippen LogP contribution is 2.34. The lowest BCUT2D eigenvalue weighted by atomic mass is 10.1. The van der Waals surface area contributed by atoms with E-state index in [0.29, 0.717) is 11.1 Å². The number of nitrogens with zero attached hydrogens (tertiary/aromatic N) is 5. The van der Waals surface area contributed by atoms with E-state index in [-0.39, 0.29) is 17.9 Å². The quantitative estimate of drug-likeness (QED) is 0.575. The van der Waals surface area contributed by atoms with Crippen LogP contribution in [0.15, 0.2) is 42.7 Å². The Kier molecular flexibility index (Phi) is 3.79. The van der Waals surface area contributed by atoms with Gasteiger partial charge in [0.25, 0.3) is 5.91 Å². The summed E-state index contributed by atoms with van der Waals surface area (Å²) in [7, 11) is 0. The van der Waals surface area contributed by atoms with Crippen molar-refractivity contribution >= 4 is 22.7 Å². The summed E-state index contributed by atoms with van der Waals surface area (Å²) in [5.41, 5.74) is 3.60. The van der Waals surface area contributed by atoms with Crippen molar-refractivity contribution < 1.29 is 4.79 Å². The number of aromatic nitrogens is 5. The first-order valence-corrected chi connectivity index (χ1v) is 9.21. The summed E-state index contributed by atoms with van der Waals surface area (Å²) < 4.78 is 2.05. The van der Waals surface area contributed by atoms with Gasteiger partial charge in [0.2, 0.25) is 0 Å². The van der Waals surface area contributed by atoms with Gasteiger partial charge in [-0.2, -0.15) is 5.26 Å². The van der Waals surface area contributed by atoms with Crippen molar-refractivity contribution in [2.24, 2.45) is 0 Å². The largest absolute Gasteiger partial charge is 0.349 e. The average Bonchev–Trinajstić information content (AvgIpc) is 3.45. The monoisotopic (exact) mass is 371 g/mol. The molecule has 8 heteroatoms. The van der Waals surface area contributed by atoms with Crippen molar-refractivity contribution in [3.8, 4) is 6.07 Å². The number of fused-ring (bicyclic) bond motifs is 3. The van der Waals surface area contributed by atoms with Crippen LogP contribution in [-0.2, 0) is 0 Å². The van der Waals surface area contributed by atoms with Gasteiger partial charge >= 0.3 is 0 Å². The fourth-order valence-electron chi connectivity index (χ4n) is 3.97. The van der Waals surface area contributed by atoms with Gasteiger partial charge in [0, 0.05) is 23.7 Å². The predicted molar refractivity (Wildman–Crippen MR) is 102 cm³/mol. The van der Waals surface area contributed by atoms with Crippen molar-refractivity contribution in [3.63, 3.8) is 0 Å². The minimum atomic E-state index is -0.113. The van der Waals surface area contributed by atoms with Gasteiger partial charge in [0.15, 0.2) is 11.3 Å². The van der Waals surface area contributed by atoms with Crippen molar-refractivity contribution in [3.05, 3.63) is 59.7 Å². The Labute approximate surface area is 160 Å². The number of rotatable bonds is 3. The molecule has 138 valence electrons. The Balaban J connectivity index is 1.35. The first-order valence-electron chi connectivity index (χ1n) is 9.21. The Morgan fingerprint density at radius 1 is 1.21 bits per heavy atom. The molecule has 3 aromatic heterocycles. The molecule has 1 amide bonds. The van der Waals surface area contributed by atoms with Gasteiger partial charge < -0.3 is 10.3 Å². The second-order valence-corrected chi connectivity index (χ2v) is 7.09. The van der Waals surface area contributed by atoms with Crippen LogP contribution in [0.4, 0.5) is 0 Å². The van der Waals surface area contributed by atoms with E-state index in [1.807, 2.05) is 16.7 Å². The maximum atomic E-state index is 12.5. The minimum Gasteiger partial charge on any atom is -0.349 e. The van der Waals surface area contributed by atoms with Gasteiger partial charge in [-0.15, -0.1) is 10.2 Å². The highest BCUT2D eigenvalue weighted by atomic mass is 16.1. The molecule has 8 nitrogen and oxygen atoms in total. The molecule has 1 saturated carbocycles. The van der Waals surface area contributed by atoms with E-state index in [4.69, 9.17) is 5.26 Å². The van der Waals surface area contributed by atoms with E-state index in [9.17, 15) is 4.79 Å². The number of aromatic amines is 1. The van der Waals surface area contributed by atoms with Gasteiger partial charge in [-0.05, 0) is 49.6 Å². The first-order chi connectivity index (χ1) is 13.7. The van der Waals surface area contributed by atoms with Crippen LogP contribution in [0.1, 0.15) is 46.9 Å². The van der Waals surface area contributed by atoms with E-state index >= 15 is 0 Å². The molecular formula is C20H17N7O. The van der Waals surface area contributed by atoms with Gasteiger partial charge in [0.1, 0.15) is 5.82 Å². The number of nitriles is 1. The van der Waals surface area contributed by atoms with Gasteiger partial charge in [0.05, 0.1) is 23.3 Å². The third-order valence-electron chi connectivity index (χ3n) is 5.38. The minimum absolute atomic E-state index is 0.0871. The number of hydrogen-bond donors (Lipinski definition) is 2. The Morgan fingerprint density at radius 3 is 2.89 bits per heavy atom. The molecule has 28 heavy (non-hydrogen) atoms. The van der Waals surface area contributed by atoms with Crippen LogP contribution < -0.4 is 5.32 Å². The van der Waals surface area contributed by atoms with E-state index in [1.165, 1.54) is 0 Å². The standard InChI is InChI=1S/C20H17N7O/c21-10-12-1-3-13(4-2-12)20(28)24-15-6-5-14(9-15)19-26-25-17-11-23-18-16(27(17)19)7-8-22-18/h1-4,7-8,11,14-15,22H,5-6,9H2,(H,24,28). The zero-order valence-corrected chi connectivity index (χ0v) is 15.0. The number of amides is 1. The number of H-pyrrole nitrogens is 1. The molecule has 3 heterocycles. The zero-order valence-electron chi connectivity index (χ0n) is 15.0. The molecule has 0 spiro atoms. The normalized spacial score (nSPS) is 19.1. The van der Waals surface area contributed by atoms with E-state index in [2.05, 4.69) is 31.6 Å². The van der Waals surface area contributed by atoms with Crippen LogP contribution >= 0.6 is 0 Å². The summed E-state index contributed by atoms with van der Waals surface area (Å²) in [6.45, 7) is 0. The number of nitrogens with one attached hydrogen (secondary N) is 2. The van der Waals surface area contributed by atoms with Crippen LogP contribution in [0.3, 0.4) is 0 Å². The lowest BCUT2D eigenvalue weighted by molar-refractivity contribution is 0.0937. The highest BCUT2D eigenvalue weighted by Gasteiger charge is 2.31. The van der Waals surface area contributed by atoms with Crippen LogP contribution in [0.5, 0.6) is 0 Å². The number of carbonyl (C=O) groups is 1. The topological polar surface area (TPSA) is 112 Å². The predicted octanol–water partition coefficient (Wildman–Crippen LogP) is 2.54. The summed E-state index contributed by atoms with van der Waals surface area (Å²) >= 11 is 0. The molecule has 4 aromatic rings. The van der Waals surface area contributed by atoms with Crippen LogP contribution in [0, 0.1) is 11.3 Å². The second kappa shape index (κ2) is 6.46. The Morgan fingerprint density at radius 2 is 2.07 bits per heavy atom. The molecule has 0 bridgehead atoms. The lowest BCUT2D eigenvalue weighted by Crippen LogP contribution is -2.32. The fraction of sp³-hybridized carbons (Fsp3) is 0.250. The molecule has 2 unspecified atom stereocenters. The third-order valence-corrected chi connectivity index (χ3v) is 5.38. The molecule has 0 aliphatic heterocycles. The van der Waals surface area contributed by atoms with Gasteiger partial charge in [-0.1, -0.05) is 0 Å². The van der Waals surface area contributed by atoms with E-state index in [0.717, 1.165) is 41.9 Å². The zero-order chi connectivity index (χ0) is 19.1. The molecule has 1 aromatic carbocycles.